The Kier molecular flexibility index (Phi) is 51.3. The third-order valence-corrected chi connectivity index (χ3v) is 0. The maximum atomic E-state index is 8.42. The summed E-state index contributed by atoms with van der Waals surface area (Å²) in [6.45, 7) is -2.92. The fraction of sp³-hybridized carbons (Fsp3) is 1.00. The topological polar surface area (TPSA) is 69.2 Å². The summed E-state index contributed by atoms with van der Waals surface area (Å²) in [6, 6.07) is 0. The molecule has 0 aliphatic rings. The van der Waals surface area contributed by atoms with Crippen LogP contribution in [0.2, 0.25) is 0 Å². The number of hydrogen-bond donors (Lipinski definition) is 0. The maximum Gasteiger partial charge on any atom is 1.00 e. The van der Waals surface area contributed by atoms with E-state index in [9.17, 15) is 0 Å². The van der Waals surface area contributed by atoms with Gasteiger partial charge in [-0.3, -0.25) is 0 Å². The summed E-state index contributed by atoms with van der Waals surface area (Å²) in [5, 5.41) is 25.2. The summed E-state index contributed by atoms with van der Waals surface area (Å²) in [5.74, 6) is 0. The molecule has 6 heteroatoms. The van der Waals surface area contributed by atoms with Gasteiger partial charge in [0.25, 0.3) is 0 Å². The van der Waals surface area contributed by atoms with E-state index in [-0.39, 0.29) is 88.7 Å². The van der Waals surface area contributed by atoms with Gasteiger partial charge in [-0.2, -0.15) is 0 Å². The molecule has 0 amide bonds. The molecule has 0 aromatic carbocycles. The third kappa shape index (κ3) is 50.7. The second-order valence-electron chi connectivity index (χ2n) is 0.289. The van der Waals surface area contributed by atoms with E-state index in [1.807, 2.05) is 0 Å². The van der Waals surface area contributed by atoms with Crippen LogP contribution in [0.5, 0.6) is 0 Å². The predicted octanol–water partition coefficient (Wildman–Crippen LogP) is -12.6. The molecule has 0 bridgehead atoms. The van der Waals surface area contributed by atoms with Gasteiger partial charge in [0.2, 0.25) is 0 Å². The average Bonchev–Trinajstić information content (AvgIpc) is 0.811. The Labute approximate surface area is 108 Å². The largest absolute Gasteiger partial charge is 1.00 e. The Morgan fingerprint density at radius 3 is 0.714 bits per heavy atom. The van der Waals surface area contributed by atoms with Gasteiger partial charge in [-0.1, -0.05) is 0 Å². The van der Waals surface area contributed by atoms with Crippen LogP contribution >= 0.6 is 0 Å². The van der Waals surface area contributed by atoms with Gasteiger partial charge in [0.15, 0.2) is 0 Å². The van der Waals surface area contributed by atoms with Crippen molar-refractivity contribution in [1.29, 1.82) is 0 Å². The van der Waals surface area contributed by atoms with Crippen LogP contribution in [0.25, 0.3) is 0 Å². The van der Waals surface area contributed by atoms with Crippen LogP contribution < -0.4 is 104 Å². The summed E-state index contributed by atoms with van der Waals surface area (Å²) in [7, 11) is 0. The molecule has 26 valence electrons. The Morgan fingerprint density at radius 2 is 0.714 bits per heavy atom. The standard InChI is InChI=1S/CHO3.3Na/c2-1(3)4;;;/h1H;;;/q-3;3*+1. The molecule has 0 N–H and O–H groups in total. The molecule has 0 aromatic heterocycles. The van der Waals surface area contributed by atoms with Crippen molar-refractivity contribution in [3.63, 3.8) is 0 Å². The minimum absolute atomic E-state index is 0. The van der Waals surface area contributed by atoms with E-state index in [1.54, 1.807) is 0 Å². The van der Waals surface area contributed by atoms with Crippen LogP contribution in [-0.2, 0) is 0 Å². The molecule has 0 heterocycles. The van der Waals surface area contributed by atoms with Crippen LogP contribution in [0.1, 0.15) is 0 Å². The minimum Gasteiger partial charge on any atom is -0.879 e. The van der Waals surface area contributed by atoms with Gasteiger partial charge in [-0.25, -0.2) is 0 Å². The van der Waals surface area contributed by atoms with Gasteiger partial charge in [0.05, 0.1) is 0 Å². The zero-order valence-electron chi connectivity index (χ0n) is 4.80. The van der Waals surface area contributed by atoms with Crippen LogP contribution in [0, 0.1) is 0 Å². The van der Waals surface area contributed by atoms with Gasteiger partial charge >= 0.3 is 88.7 Å². The molecule has 0 fully saturated rings. The zero-order valence-corrected chi connectivity index (χ0v) is 10.8. The summed E-state index contributed by atoms with van der Waals surface area (Å²) < 4.78 is 0. The van der Waals surface area contributed by atoms with E-state index in [0.29, 0.717) is 0 Å². The summed E-state index contributed by atoms with van der Waals surface area (Å²) in [6.07, 6.45) is 0. The molecule has 0 aromatic rings. The molecule has 0 rings (SSSR count). The van der Waals surface area contributed by atoms with Gasteiger partial charge in [0.1, 0.15) is 0 Å². The van der Waals surface area contributed by atoms with E-state index in [2.05, 4.69) is 0 Å². The monoisotopic (exact) mass is 130 g/mol. The molecular weight excluding hydrogens is 129 g/mol. The molecule has 0 spiro atoms. The quantitative estimate of drug-likeness (QED) is 0.241. The van der Waals surface area contributed by atoms with Crippen molar-refractivity contribution in [2.45, 2.75) is 6.48 Å². The molecular formula is CHNa3O3. The van der Waals surface area contributed by atoms with Crippen molar-refractivity contribution in [2.75, 3.05) is 0 Å². The van der Waals surface area contributed by atoms with Crippen molar-refractivity contribution in [1.82, 2.24) is 0 Å². The van der Waals surface area contributed by atoms with Gasteiger partial charge in [-0.05, 0) is 0 Å². The van der Waals surface area contributed by atoms with Crippen molar-refractivity contribution >= 4 is 0 Å². The third-order valence-electron chi connectivity index (χ3n) is 0. The molecule has 0 saturated carbocycles. The molecule has 0 atom stereocenters. The molecule has 0 aliphatic heterocycles. The Bertz CT molecular complexity index is 14.9. The van der Waals surface area contributed by atoms with Crippen molar-refractivity contribution in [3.8, 4) is 0 Å². The Morgan fingerprint density at radius 1 is 0.714 bits per heavy atom. The van der Waals surface area contributed by atoms with E-state index in [4.69, 9.17) is 15.3 Å². The summed E-state index contributed by atoms with van der Waals surface area (Å²) >= 11 is 0. The predicted molar refractivity (Wildman–Crippen MR) is 3.79 cm³/mol. The first-order chi connectivity index (χ1) is 1.73. The SMILES string of the molecule is [Na+].[Na+].[Na+].[O-]C([O-])[O-]. The van der Waals surface area contributed by atoms with Crippen molar-refractivity contribution in [2.24, 2.45) is 0 Å². The fourth-order valence-electron chi connectivity index (χ4n) is 0. The molecule has 0 aliphatic carbocycles. The number of rotatable bonds is 0. The first-order valence-electron chi connectivity index (χ1n) is 0.707. The van der Waals surface area contributed by atoms with E-state index in [1.165, 1.54) is 0 Å². The second kappa shape index (κ2) is 15.9. The Balaban J connectivity index is -0.0000000150. The fourth-order valence-corrected chi connectivity index (χ4v) is 0. The molecule has 0 unspecified atom stereocenters. The van der Waals surface area contributed by atoms with Crippen LogP contribution in [0.15, 0.2) is 0 Å². The van der Waals surface area contributed by atoms with Crippen molar-refractivity contribution in [3.05, 3.63) is 0 Å². The van der Waals surface area contributed by atoms with Crippen LogP contribution in [-0.4, -0.2) is 6.48 Å². The first-order valence-corrected chi connectivity index (χ1v) is 0.707. The van der Waals surface area contributed by atoms with Gasteiger partial charge in [-0.15, -0.1) is 0 Å². The normalized spacial score (nSPS) is 5.14. The molecule has 0 saturated heterocycles. The molecule has 7 heavy (non-hydrogen) atoms. The summed E-state index contributed by atoms with van der Waals surface area (Å²) in [4.78, 5) is 0. The van der Waals surface area contributed by atoms with E-state index in [0.717, 1.165) is 0 Å². The first kappa shape index (κ1) is 22.5. The van der Waals surface area contributed by atoms with Gasteiger partial charge < -0.3 is 21.8 Å². The smallest absolute Gasteiger partial charge is 0.879 e. The average molecular weight is 130 g/mol. The second-order valence-corrected chi connectivity index (χ2v) is 0.289. The summed E-state index contributed by atoms with van der Waals surface area (Å²) in [5.41, 5.74) is 0. The van der Waals surface area contributed by atoms with E-state index >= 15 is 0 Å². The molecule has 3 nitrogen and oxygen atoms in total. The van der Waals surface area contributed by atoms with Crippen molar-refractivity contribution < 1.29 is 104 Å². The van der Waals surface area contributed by atoms with E-state index < -0.39 is 6.48 Å². The molecule has 0 radical (unpaired) electrons. The van der Waals surface area contributed by atoms with Gasteiger partial charge in [0, 0.05) is 0 Å². The zero-order chi connectivity index (χ0) is 3.58. The van der Waals surface area contributed by atoms with Crippen LogP contribution in [0.3, 0.4) is 0 Å². The minimum atomic E-state index is -2.92. The van der Waals surface area contributed by atoms with Crippen LogP contribution in [0.4, 0.5) is 0 Å². The maximum absolute atomic E-state index is 8.42. The number of hydrogen-bond acceptors (Lipinski definition) is 3. The Hall–Kier alpha value is 2.88.